The normalized spacial score (nSPS) is 21.8. The Balaban J connectivity index is 0.00000243. The fourth-order valence-electron chi connectivity index (χ4n) is 3.86. The summed E-state index contributed by atoms with van der Waals surface area (Å²) in [7, 11) is 3.31. The number of nitrogens with zero attached hydrogens (tertiary/aromatic N) is 2. The molecule has 0 unspecified atom stereocenters. The van der Waals surface area contributed by atoms with Crippen molar-refractivity contribution < 1.29 is 19.0 Å². The molecule has 3 rings (SSSR count). The van der Waals surface area contributed by atoms with Crippen molar-refractivity contribution in [3.05, 3.63) is 23.3 Å². The van der Waals surface area contributed by atoms with Gasteiger partial charge in [-0.15, -0.1) is 12.4 Å². The number of morpholine rings is 1. The summed E-state index contributed by atoms with van der Waals surface area (Å²) in [6.07, 6.45) is 0.580. The number of likely N-dealkylation sites (N-methyl/N-ethyl adjacent to an activating group) is 1. The van der Waals surface area contributed by atoms with E-state index < -0.39 is 0 Å². The minimum absolute atomic E-state index is 0. The van der Waals surface area contributed by atoms with Crippen molar-refractivity contribution in [1.29, 1.82) is 0 Å². The molecule has 1 saturated heterocycles. The van der Waals surface area contributed by atoms with Gasteiger partial charge in [0.25, 0.3) is 5.91 Å². The van der Waals surface area contributed by atoms with Gasteiger partial charge in [0.15, 0.2) is 11.5 Å². The largest absolute Gasteiger partial charge is 0.493 e. The molecule has 1 aromatic rings. The molecule has 2 aliphatic rings. The monoisotopic (exact) mass is 384 g/mol. The lowest BCUT2D eigenvalue weighted by Gasteiger charge is -2.43. The molecule has 0 bridgehead atoms. The molecule has 6 nitrogen and oxygen atoms in total. The molecule has 1 amide bonds. The summed E-state index contributed by atoms with van der Waals surface area (Å²) in [5.41, 5.74) is 2.49. The SMILES string of the molecule is CCN(CC)C(=O)[C@H]1CN2CCc3cc(OC)c(OC)cc3[C@H]2CO1.Cl. The summed E-state index contributed by atoms with van der Waals surface area (Å²) in [5, 5.41) is 0. The summed E-state index contributed by atoms with van der Waals surface area (Å²) in [4.78, 5) is 16.8. The number of ether oxygens (including phenoxy) is 3. The first-order chi connectivity index (χ1) is 12.1. The van der Waals surface area contributed by atoms with E-state index >= 15 is 0 Å². The van der Waals surface area contributed by atoms with Crippen molar-refractivity contribution in [2.45, 2.75) is 32.4 Å². The lowest BCUT2D eigenvalue weighted by Crippen LogP contribution is -2.53. The fraction of sp³-hybridized carbons (Fsp3) is 0.632. The molecular weight excluding hydrogens is 356 g/mol. The zero-order chi connectivity index (χ0) is 18.0. The number of fused-ring (bicyclic) bond motifs is 3. The lowest BCUT2D eigenvalue weighted by molar-refractivity contribution is -0.153. The van der Waals surface area contributed by atoms with Gasteiger partial charge in [-0.3, -0.25) is 9.69 Å². The number of hydrogen-bond donors (Lipinski definition) is 0. The van der Waals surface area contributed by atoms with E-state index in [0.29, 0.717) is 13.2 Å². The number of rotatable bonds is 5. The van der Waals surface area contributed by atoms with Gasteiger partial charge in [-0.25, -0.2) is 0 Å². The molecule has 0 N–H and O–H groups in total. The van der Waals surface area contributed by atoms with Gasteiger partial charge in [0.05, 0.1) is 26.9 Å². The highest BCUT2D eigenvalue weighted by Crippen LogP contribution is 2.39. The molecule has 0 saturated carbocycles. The lowest BCUT2D eigenvalue weighted by atomic mass is 9.91. The zero-order valence-electron chi connectivity index (χ0n) is 16.0. The van der Waals surface area contributed by atoms with E-state index in [0.717, 1.165) is 37.6 Å². The number of amides is 1. The minimum atomic E-state index is -0.363. The zero-order valence-corrected chi connectivity index (χ0v) is 16.8. The maximum atomic E-state index is 12.6. The van der Waals surface area contributed by atoms with Crippen LogP contribution in [0.5, 0.6) is 11.5 Å². The first-order valence-electron chi connectivity index (χ1n) is 9.02. The summed E-state index contributed by atoms with van der Waals surface area (Å²) < 4.78 is 16.9. The van der Waals surface area contributed by atoms with E-state index in [1.807, 2.05) is 18.7 Å². The summed E-state index contributed by atoms with van der Waals surface area (Å²) in [6, 6.07) is 4.30. The van der Waals surface area contributed by atoms with Crippen molar-refractivity contribution in [2.24, 2.45) is 0 Å². The summed E-state index contributed by atoms with van der Waals surface area (Å²) in [6.45, 7) is 7.55. The Morgan fingerprint density at radius 1 is 1.23 bits per heavy atom. The van der Waals surface area contributed by atoms with Gasteiger partial charge in [-0.05, 0) is 43.5 Å². The van der Waals surface area contributed by atoms with Crippen LogP contribution in [-0.4, -0.2) is 68.8 Å². The van der Waals surface area contributed by atoms with Crippen molar-refractivity contribution in [2.75, 3.05) is 47.0 Å². The van der Waals surface area contributed by atoms with Crippen LogP contribution in [0.4, 0.5) is 0 Å². The van der Waals surface area contributed by atoms with Gasteiger partial charge >= 0.3 is 0 Å². The van der Waals surface area contributed by atoms with E-state index in [9.17, 15) is 4.79 Å². The third-order valence-corrected chi connectivity index (χ3v) is 5.32. The molecular formula is C19H29ClN2O4. The molecule has 146 valence electrons. The highest BCUT2D eigenvalue weighted by molar-refractivity contribution is 5.85. The Bertz CT molecular complexity index is 636. The van der Waals surface area contributed by atoms with E-state index in [2.05, 4.69) is 17.0 Å². The highest BCUT2D eigenvalue weighted by Gasteiger charge is 2.38. The molecule has 0 aliphatic carbocycles. The van der Waals surface area contributed by atoms with E-state index in [-0.39, 0.29) is 30.5 Å². The maximum absolute atomic E-state index is 12.6. The fourth-order valence-corrected chi connectivity index (χ4v) is 3.86. The summed E-state index contributed by atoms with van der Waals surface area (Å²) >= 11 is 0. The first-order valence-corrected chi connectivity index (χ1v) is 9.02. The second-order valence-electron chi connectivity index (χ2n) is 6.50. The molecule has 0 aromatic heterocycles. The van der Waals surface area contributed by atoms with Gasteiger partial charge in [0.1, 0.15) is 6.10 Å². The Hall–Kier alpha value is -1.50. The van der Waals surface area contributed by atoms with E-state index in [1.54, 1.807) is 14.2 Å². The molecule has 1 aromatic carbocycles. The van der Waals surface area contributed by atoms with Crippen LogP contribution in [0.3, 0.4) is 0 Å². The van der Waals surface area contributed by atoms with Crippen LogP contribution in [-0.2, 0) is 16.0 Å². The molecule has 2 aliphatic heterocycles. The standard InChI is InChI=1S/C19H28N2O4.ClH/c1-5-20(6-2)19(22)18-11-21-8-7-13-9-16(23-3)17(24-4)10-14(13)15(21)12-25-18;/h9-10,15,18H,5-8,11-12H2,1-4H3;1H/t15-,18-;/m1./s1. The number of benzene rings is 1. The van der Waals surface area contributed by atoms with Crippen LogP contribution < -0.4 is 9.47 Å². The number of methoxy groups -OCH3 is 2. The van der Waals surface area contributed by atoms with E-state index in [4.69, 9.17) is 14.2 Å². The van der Waals surface area contributed by atoms with Crippen molar-refractivity contribution in [3.63, 3.8) is 0 Å². The maximum Gasteiger partial charge on any atom is 0.253 e. The third-order valence-electron chi connectivity index (χ3n) is 5.32. The Labute approximate surface area is 161 Å². The minimum Gasteiger partial charge on any atom is -0.493 e. The number of carbonyl (C=O) groups is 1. The Morgan fingerprint density at radius 2 is 1.88 bits per heavy atom. The van der Waals surface area contributed by atoms with Crippen LogP contribution in [0.15, 0.2) is 12.1 Å². The Kier molecular flexibility index (Phi) is 7.15. The number of carbonyl (C=O) groups excluding carboxylic acids is 1. The van der Waals surface area contributed by atoms with Crippen molar-refractivity contribution >= 4 is 18.3 Å². The van der Waals surface area contributed by atoms with Crippen LogP contribution >= 0.6 is 12.4 Å². The van der Waals surface area contributed by atoms with E-state index in [1.165, 1.54) is 11.1 Å². The smallest absolute Gasteiger partial charge is 0.253 e. The Morgan fingerprint density at radius 3 is 2.50 bits per heavy atom. The first kappa shape index (κ1) is 20.8. The van der Waals surface area contributed by atoms with Gasteiger partial charge in [-0.2, -0.15) is 0 Å². The average molecular weight is 385 g/mol. The number of hydrogen-bond acceptors (Lipinski definition) is 5. The summed E-state index contributed by atoms with van der Waals surface area (Å²) in [5.74, 6) is 1.60. The molecule has 26 heavy (non-hydrogen) atoms. The van der Waals surface area contributed by atoms with Gasteiger partial charge in [0, 0.05) is 26.2 Å². The van der Waals surface area contributed by atoms with Gasteiger partial charge < -0.3 is 19.1 Å². The van der Waals surface area contributed by atoms with Crippen LogP contribution in [0.1, 0.15) is 31.0 Å². The number of halogens is 1. The second-order valence-corrected chi connectivity index (χ2v) is 6.50. The quantitative estimate of drug-likeness (QED) is 0.779. The highest BCUT2D eigenvalue weighted by atomic mass is 35.5. The third kappa shape index (κ3) is 3.77. The predicted molar refractivity (Wildman–Crippen MR) is 102 cm³/mol. The molecule has 2 atom stereocenters. The molecule has 0 spiro atoms. The molecule has 7 heteroatoms. The molecule has 0 radical (unpaired) electrons. The predicted octanol–water partition coefficient (Wildman–Crippen LogP) is 2.29. The molecule has 2 heterocycles. The van der Waals surface area contributed by atoms with Crippen molar-refractivity contribution in [1.82, 2.24) is 9.80 Å². The second kappa shape index (κ2) is 8.93. The average Bonchev–Trinajstić information content (AvgIpc) is 2.66. The van der Waals surface area contributed by atoms with Crippen molar-refractivity contribution in [3.8, 4) is 11.5 Å². The molecule has 1 fully saturated rings. The topological polar surface area (TPSA) is 51.2 Å². The van der Waals surface area contributed by atoms with Crippen LogP contribution in [0.25, 0.3) is 0 Å². The van der Waals surface area contributed by atoms with Crippen LogP contribution in [0, 0.1) is 0 Å². The van der Waals surface area contributed by atoms with Crippen LogP contribution in [0.2, 0.25) is 0 Å². The van der Waals surface area contributed by atoms with Gasteiger partial charge in [0.2, 0.25) is 0 Å². The van der Waals surface area contributed by atoms with Gasteiger partial charge in [-0.1, -0.05) is 0 Å².